The van der Waals surface area contributed by atoms with Crippen molar-refractivity contribution in [2.24, 2.45) is 11.8 Å². The SMILES string of the molecule is CCNC(=O)[C@H]1O[C@@H](n2cnc3c(N)nc(C#CCC4CCC(C(=O)OC(C)C)CC4)nc32)[C@H](O)[C@@H]1O. The van der Waals surface area contributed by atoms with Crippen LogP contribution in [-0.2, 0) is 19.1 Å². The van der Waals surface area contributed by atoms with Crippen molar-refractivity contribution < 1.29 is 29.3 Å². The maximum Gasteiger partial charge on any atom is 0.309 e. The highest BCUT2D eigenvalue weighted by Crippen LogP contribution is 2.33. The minimum absolute atomic E-state index is 0.0447. The fourth-order valence-corrected chi connectivity index (χ4v) is 4.77. The van der Waals surface area contributed by atoms with Crippen molar-refractivity contribution in [3.05, 3.63) is 12.2 Å². The first-order valence-corrected chi connectivity index (χ1v) is 12.7. The van der Waals surface area contributed by atoms with E-state index in [1.165, 1.54) is 10.9 Å². The molecule has 37 heavy (non-hydrogen) atoms. The molecule has 5 N–H and O–H groups in total. The first-order valence-electron chi connectivity index (χ1n) is 12.7. The predicted octanol–water partition coefficient (Wildman–Crippen LogP) is 0.663. The Kier molecular flexibility index (Phi) is 8.26. The molecule has 12 heteroatoms. The van der Waals surface area contributed by atoms with E-state index in [4.69, 9.17) is 15.2 Å². The Morgan fingerprint density at radius 3 is 2.65 bits per heavy atom. The van der Waals surface area contributed by atoms with Crippen LogP contribution in [0.2, 0.25) is 0 Å². The number of aliphatic hydroxyl groups excluding tert-OH is 2. The molecule has 4 rings (SSSR count). The summed E-state index contributed by atoms with van der Waals surface area (Å²) in [5, 5.41) is 23.5. The molecule has 1 aliphatic heterocycles. The normalized spacial score (nSPS) is 27.6. The van der Waals surface area contributed by atoms with Crippen molar-refractivity contribution in [1.29, 1.82) is 0 Å². The predicted molar refractivity (Wildman–Crippen MR) is 133 cm³/mol. The van der Waals surface area contributed by atoms with E-state index in [0.717, 1.165) is 25.7 Å². The number of likely N-dealkylation sites (N-methyl/N-ethyl adjacent to an activating group) is 1. The first kappa shape index (κ1) is 26.8. The van der Waals surface area contributed by atoms with Crippen LogP contribution in [0.25, 0.3) is 11.2 Å². The van der Waals surface area contributed by atoms with Crippen LogP contribution >= 0.6 is 0 Å². The minimum Gasteiger partial charge on any atom is -0.463 e. The zero-order valence-corrected chi connectivity index (χ0v) is 21.3. The van der Waals surface area contributed by atoms with Gasteiger partial charge in [-0.1, -0.05) is 5.92 Å². The number of nitrogens with one attached hydrogen (secondary N) is 1. The number of carbonyl (C=O) groups is 2. The number of hydrogen-bond donors (Lipinski definition) is 4. The lowest BCUT2D eigenvalue weighted by Crippen LogP contribution is -2.42. The average Bonchev–Trinajstić information content (AvgIpc) is 3.40. The molecule has 1 aliphatic carbocycles. The number of esters is 1. The van der Waals surface area contributed by atoms with Crippen LogP contribution in [0.15, 0.2) is 6.33 Å². The summed E-state index contributed by atoms with van der Waals surface area (Å²) in [7, 11) is 0. The lowest BCUT2D eigenvalue weighted by molar-refractivity contribution is -0.153. The van der Waals surface area contributed by atoms with Crippen LogP contribution in [0, 0.1) is 23.7 Å². The third kappa shape index (κ3) is 5.84. The topological polar surface area (TPSA) is 175 Å². The molecule has 0 bridgehead atoms. The number of ether oxygens (including phenoxy) is 2. The molecular formula is C25H34N6O6. The van der Waals surface area contributed by atoms with Gasteiger partial charge in [-0.25, -0.2) is 15.0 Å². The van der Waals surface area contributed by atoms with Crippen molar-refractivity contribution in [2.45, 2.75) is 83.5 Å². The second-order valence-electron chi connectivity index (χ2n) is 9.79. The van der Waals surface area contributed by atoms with Crippen molar-refractivity contribution in [3.63, 3.8) is 0 Å². The molecule has 2 fully saturated rings. The van der Waals surface area contributed by atoms with Gasteiger partial charge in [-0.2, -0.15) is 0 Å². The minimum atomic E-state index is -1.42. The molecule has 1 saturated heterocycles. The van der Waals surface area contributed by atoms with Gasteiger partial charge in [0.25, 0.3) is 5.91 Å². The molecule has 4 atom stereocenters. The summed E-state index contributed by atoms with van der Waals surface area (Å²) in [6.07, 6.45) is 0.136. The van der Waals surface area contributed by atoms with Crippen LogP contribution in [-0.4, -0.2) is 72.6 Å². The second kappa shape index (κ2) is 11.4. The zero-order chi connectivity index (χ0) is 26.7. The van der Waals surface area contributed by atoms with E-state index >= 15 is 0 Å². The molecule has 3 heterocycles. The number of carbonyl (C=O) groups excluding carboxylic acids is 2. The van der Waals surface area contributed by atoms with E-state index in [2.05, 4.69) is 32.1 Å². The summed E-state index contributed by atoms with van der Waals surface area (Å²) in [4.78, 5) is 37.2. The molecule has 200 valence electrons. The smallest absolute Gasteiger partial charge is 0.309 e. The van der Waals surface area contributed by atoms with Gasteiger partial charge in [-0.05, 0) is 58.3 Å². The van der Waals surface area contributed by atoms with Crippen molar-refractivity contribution in [2.75, 3.05) is 12.3 Å². The van der Waals surface area contributed by atoms with E-state index in [0.29, 0.717) is 24.4 Å². The number of hydrogen-bond acceptors (Lipinski definition) is 10. The van der Waals surface area contributed by atoms with E-state index < -0.39 is 30.4 Å². The number of imidazole rings is 1. The number of amides is 1. The summed E-state index contributed by atoms with van der Waals surface area (Å²) in [5.74, 6) is 6.07. The summed E-state index contributed by atoms with van der Waals surface area (Å²) < 4.78 is 12.4. The molecular weight excluding hydrogens is 480 g/mol. The molecule has 1 saturated carbocycles. The number of nitrogen functional groups attached to an aromatic ring is 1. The van der Waals surface area contributed by atoms with Crippen LogP contribution in [0.5, 0.6) is 0 Å². The first-order chi connectivity index (χ1) is 17.7. The van der Waals surface area contributed by atoms with Crippen LogP contribution < -0.4 is 11.1 Å². The van der Waals surface area contributed by atoms with E-state index in [-0.39, 0.29) is 35.3 Å². The highest BCUT2D eigenvalue weighted by Gasteiger charge is 2.47. The van der Waals surface area contributed by atoms with E-state index in [1.807, 2.05) is 13.8 Å². The van der Waals surface area contributed by atoms with Gasteiger partial charge in [0.15, 0.2) is 23.8 Å². The molecule has 0 radical (unpaired) electrons. The summed E-state index contributed by atoms with van der Waals surface area (Å²) >= 11 is 0. The highest BCUT2D eigenvalue weighted by molar-refractivity contribution is 5.83. The average molecular weight is 515 g/mol. The zero-order valence-electron chi connectivity index (χ0n) is 21.3. The molecule has 0 spiro atoms. The quantitative estimate of drug-likeness (QED) is 0.317. The van der Waals surface area contributed by atoms with Gasteiger partial charge in [0.05, 0.1) is 18.3 Å². The molecule has 0 unspecified atom stereocenters. The number of anilines is 1. The number of rotatable bonds is 6. The molecule has 2 aromatic rings. The Bertz CT molecular complexity index is 1200. The standard InChI is InChI=1S/C25H34N6O6/c1-4-27-23(34)20-18(32)19(33)24(37-20)31-12-28-17-21(26)29-16(30-22(17)31)7-5-6-14-8-10-15(11-9-14)25(35)36-13(2)3/h12-15,18-20,24,32-33H,4,6,8-11H2,1-3H3,(H,27,34)(H2,26,29,30)/t14?,15?,18-,19+,20-,24+/m0/s1. The molecule has 12 nitrogen and oxygen atoms in total. The Morgan fingerprint density at radius 2 is 1.97 bits per heavy atom. The summed E-state index contributed by atoms with van der Waals surface area (Å²) in [6.45, 7) is 5.81. The van der Waals surface area contributed by atoms with Gasteiger partial charge in [0.1, 0.15) is 17.7 Å². The third-order valence-electron chi connectivity index (χ3n) is 6.69. The molecule has 0 aromatic carbocycles. The fourth-order valence-electron chi connectivity index (χ4n) is 4.77. The highest BCUT2D eigenvalue weighted by atomic mass is 16.6. The van der Waals surface area contributed by atoms with Crippen LogP contribution in [0.3, 0.4) is 0 Å². The van der Waals surface area contributed by atoms with E-state index in [1.54, 1.807) is 6.92 Å². The summed E-state index contributed by atoms with van der Waals surface area (Å²) in [6, 6.07) is 0. The lowest BCUT2D eigenvalue weighted by Gasteiger charge is -2.26. The summed E-state index contributed by atoms with van der Waals surface area (Å²) in [5.41, 5.74) is 6.65. The van der Waals surface area contributed by atoms with Gasteiger partial charge in [-0.3, -0.25) is 14.2 Å². The Hall–Kier alpha value is -3.27. The largest absolute Gasteiger partial charge is 0.463 e. The second-order valence-corrected chi connectivity index (χ2v) is 9.79. The van der Waals surface area contributed by atoms with E-state index in [9.17, 15) is 19.8 Å². The Labute approximate surface area is 215 Å². The van der Waals surface area contributed by atoms with Gasteiger partial charge >= 0.3 is 5.97 Å². The molecule has 2 aromatic heterocycles. The van der Waals surface area contributed by atoms with Crippen molar-refractivity contribution in [1.82, 2.24) is 24.8 Å². The Balaban J connectivity index is 1.45. The number of aromatic nitrogens is 4. The number of nitrogens with zero attached hydrogens (tertiary/aromatic N) is 4. The van der Waals surface area contributed by atoms with Crippen molar-refractivity contribution in [3.8, 4) is 11.8 Å². The fraction of sp³-hybridized carbons (Fsp3) is 0.640. The Morgan fingerprint density at radius 1 is 1.24 bits per heavy atom. The number of nitrogens with two attached hydrogens (primary N) is 1. The van der Waals surface area contributed by atoms with Gasteiger partial charge < -0.3 is 30.7 Å². The maximum atomic E-state index is 12.2. The monoisotopic (exact) mass is 514 g/mol. The number of aliphatic hydroxyl groups is 2. The molecule has 1 amide bonds. The van der Waals surface area contributed by atoms with Gasteiger partial charge in [-0.15, -0.1) is 0 Å². The third-order valence-corrected chi connectivity index (χ3v) is 6.69. The number of fused-ring (bicyclic) bond motifs is 1. The lowest BCUT2D eigenvalue weighted by atomic mass is 9.80. The molecule has 2 aliphatic rings. The van der Waals surface area contributed by atoms with Gasteiger partial charge in [0.2, 0.25) is 5.82 Å². The van der Waals surface area contributed by atoms with Crippen LogP contribution in [0.1, 0.15) is 64.9 Å². The van der Waals surface area contributed by atoms with Crippen molar-refractivity contribution >= 4 is 28.9 Å². The van der Waals surface area contributed by atoms with Crippen LogP contribution in [0.4, 0.5) is 5.82 Å². The maximum absolute atomic E-state index is 12.2. The van der Waals surface area contributed by atoms with Gasteiger partial charge in [0, 0.05) is 13.0 Å².